The van der Waals surface area contributed by atoms with Crippen LogP contribution in [0.3, 0.4) is 0 Å². The fourth-order valence-corrected chi connectivity index (χ4v) is 8.76. The lowest BCUT2D eigenvalue weighted by molar-refractivity contribution is -0.141. The van der Waals surface area contributed by atoms with E-state index in [9.17, 15) is 41.8 Å². The van der Waals surface area contributed by atoms with Gasteiger partial charge in [-0.25, -0.2) is 14.3 Å². The number of alkyl halides is 3. The minimum atomic E-state index is -4.83. The largest absolute Gasteiger partial charge is 0.504 e. The van der Waals surface area contributed by atoms with Gasteiger partial charge in [0.25, 0.3) is 11.8 Å². The highest BCUT2D eigenvalue weighted by Crippen LogP contribution is 2.65. The first-order valence-electron chi connectivity index (χ1n) is 15.8. The Bertz CT molecular complexity index is 2080. The zero-order valence-electron chi connectivity index (χ0n) is 27.0. The molecule has 1 aromatic heterocycles. The number of anilines is 2. The second-order valence-corrected chi connectivity index (χ2v) is 14.0. The van der Waals surface area contributed by atoms with Crippen molar-refractivity contribution in [1.82, 2.24) is 9.99 Å². The minimum Gasteiger partial charge on any atom is -0.504 e. The summed E-state index contributed by atoms with van der Waals surface area (Å²) >= 11 is 12.3. The molecule has 4 amide bonds. The zero-order valence-corrected chi connectivity index (χ0v) is 28.6. The van der Waals surface area contributed by atoms with Gasteiger partial charge in [0, 0.05) is 18.5 Å². The number of amides is 4. The Morgan fingerprint density at radius 3 is 2.39 bits per heavy atom. The number of aromatic hydroxyl groups is 1. The molecule has 266 valence electrons. The number of hydrazine groups is 1. The van der Waals surface area contributed by atoms with E-state index in [2.05, 4.69) is 4.98 Å². The van der Waals surface area contributed by atoms with Crippen LogP contribution in [-0.4, -0.2) is 52.9 Å². The molecule has 0 radical (unpaired) electrons. The number of carbonyl (C=O) groups excluding carboxylic acids is 4. The van der Waals surface area contributed by atoms with E-state index in [-0.39, 0.29) is 45.6 Å². The fraction of sp³-hybridized carbons (Fsp3) is 0.343. The molecular weight excluding hydrogens is 719 g/mol. The number of hydrogen-bond acceptors (Lipinski definition) is 8. The van der Waals surface area contributed by atoms with Crippen LogP contribution in [0.5, 0.6) is 11.5 Å². The van der Waals surface area contributed by atoms with E-state index in [0.717, 1.165) is 33.1 Å². The van der Waals surface area contributed by atoms with E-state index in [1.165, 1.54) is 26.3 Å². The number of benzene rings is 2. The smallest absolute Gasteiger partial charge is 0.433 e. The molecule has 3 fully saturated rings. The average Bonchev–Trinajstić information content (AvgIpc) is 3.45. The van der Waals surface area contributed by atoms with Crippen LogP contribution in [0.15, 0.2) is 60.2 Å². The summed E-state index contributed by atoms with van der Waals surface area (Å²) in [4.78, 5) is 61.7. The molecule has 3 aromatic rings. The van der Waals surface area contributed by atoms with Crippen LogP contribution in [0.4, 0.5) is 29.1 Å². The molecule has 0 unspecified atom stereocenters. The number of methoxy groups -OCH3 is 1. The summed E-state index contributed by atoms with van der Waals surface area (Å²) in [6.07, 6.45) is -3.16. The first-order chi connectivity index (χ1) is 24.0. The van der Waals surface area contributed by atoms with E-state index >= 15 is 0 Å². The highest BCUT2D eigenvalue weighted by Gasteiger charge is 2.68. The molecule has 1 N–H and O–H groups in total. The number of pyridine rings is 1. The molecule has 3 heterocycles. The van der Waals surface area contributed by atoms with Crippen molar-refractivity contribution in [3.63, 3.8) is 0 Å². The third kappa shape index (κ3) is 5.01. The van der Waals surface area contributed by atoms with Crippen LogP contribution in [0.1, 0.15) is 36.9 Å². The number of fused-ring (bicyclic) bond motifs is 4. The molecule has 0 bridgehead atoms. The third-order valence-electron chi connectivity index (χ3n) is 10.7. The lowest BCUT2D eigenvalue weighted by atomic mass is 9.51. The Morgan fingerprint density at radius 1 is 1.00 bits per heavy atom. The number of para-hydroxylation sites is 1. The van der Waals surface area contributed by atoms with Gasteiger partial charge in [-0.15, -0.1) is 0 Å². The van der Waals surface area contributed by atoms with Gasteiger partial charge in [0.2, 0.25) is 11.8 Å². The van der Waals surface area contributed by atoms with Gasteiger partial charge < -0.3 is 9.84 Å². The van der Waals surface area contributed by atoms with Crippen molar-refractivity contribution in [3.05, 3.63) is 87.3 Å². The Morgan fingerprint density at radius 2 is 1.73 bits per heavy atom. The molecule has 0 spiro atoms. The molecule has 4 aliphatic rings. The molecule has 51 heavy (non-hydrogen) atoms. The molecule has 2 aliphatic heterocycles. The molecular formula is C35H28Cl2F4N4O6. The minimum absolute atomic E-state index is 0.0105. The van der Waals surface area contributed by atoms with Crippen molar-refractivity contribution in [1.29, 1.82) is 0 Å². The van der Waals surface area contributed by atoms with Crippen molar-refractivity contribution in [2.45, 2.75) is 31.9 Å². The number of phenols is 1. The van der Waals surface area contributed by atoms with Gasteiger partial charge in [0.15, 0.2) is 17.3 Å². The molecule has 7 rings (SSSR count). The zero-order chi connectivity index (χ0) is 36.9. The van der Waals surface area contributed by atoms with Crippen LogP contribution in [0.2, 0.25) is 10.0 Å². The molecule has 10 nitrogen and oxygen atoms in total. The quantitative estimate of drug-likeness (QED) is 0.178. The predicted octanol–water partition coefficient (Wildman–Crippen LogP) is 6.54. The second kappa shape index (κ2) is 11.9. The van der Waals surface area contributed by atoms with Crippen molar-refractivity contribution in [3.8, 4) is 11.5 Å². The summed E-state index contributed by atoms with van der Waals surface area (Å²) in [6.45, 7) is 1.60. The maximum atomic E-state index is 14.6. The number of halogens is 6. The van der Waals surface area contributed by atoms with Crippen molar-refractivity contribution in [2.75, 3.05) is 24.1 Å². The van der Waals surface area contributed by atoms with Crippen molar-refractivity contribution in [2.24, 2.45) is 29.1 Å². The number of aromatic nitrogens is 1. The fourth-order valence-electron chi connectivity index (χ4n) is 8.36. The number of phenolic OH excluding ortho intramolecular Hbond substituents is 1. The van der Waals surface area contributed by atoms with Crippen LogP contribution < -0.4 is 14.6 Å². The first-order valence-corrected chi connectivity index (χ1v) is 16.5. The van der Waals surface area contributed by atoms with Crippen LogP contribution in [-0.2, 0) is 25.4 Å². The van der Waals surface area contributed by atoms with Crippen LogP contribution in [0.25, 0.3) is 0 Å². The molecule has 1 saturated carbocycles. The molecule has 16 heteroatoms. The van der Waals surface area contributed by atoms with Gasteiger partial charge in [-0.3, -0.25) is 24.2 Å². The summed E-state index contributed by atoms with van der Waals surface area (Å²) < 4.78 is 60.2. The Balaban J connectivity index is 1.34. The van der Waals surface area contributed by atoms with Gasteiger partial charge >= 0.3 is 6.18 Å². The average molecular weight is 748 g/mol. The number of hydrogen-bond donors (Lipinski definition) is 1. The van der Waals surface area contributed by atoms with Gasteiger partial charge in [-0.1, -0.05) is 47.0 Å². The van der Waals surface area contributed by atoms with E-state index in [0.29, 0.717) is 11.6 Å². The van der Waals surface area contributed by atoms with E-state index in [4.69, 9.17) is 27.9 Å². The Hall–Kier alpha value is -4.69. The summed E-state index contributed by atoms with van der Waals surface area (Å²) in [5.74, 6) is -9.19. The number of ether oxygens (including phenoxy) is 1. The van der Waals surface area contributed by atoms with Crippen LogP contribution >= 0.6 is 23.2 Å². The van der Waals surface area contributed by atoms with E-state index < -0.39 is 82.1 Å². The first kappa shape index (κ1) is 34.7. The normalized spacial score (nSPS) is 27.3. The predicted molar refractivity (Wildman–Crippen MR) is 175 cm³/mol. The third-order valence-corrected chi connectivity index (χ3v) is 11.3. The number of rotatable bonds is 5. The summed E-state index contributed by atoms with van der Waals surface area (Å²) in [5, 5.41) is 12.5. The highest BCUT2D eigenvalue weighted by molar-refractivity contribution is 6.33. The molecule has 2 aliphatic carbocycles. The standard InChI is InChI=1S/C35H28Cl2F4N4O6/c1-34-20(31(48)44(33(34)50)15-7-11-23(38)22(37)13-15)14-19-16(27(34)18-5-4-6-24(51-3)28(18)46)8-9-17-26(19)32(49)45(30(17)47)43(2)29-21(36)10-12-25(42-29)35(39,40)41/h4-8,10-13,17,19-20,26-27,46H,9,14H2,1-3H3/t17-,19+,20-,26-,27+,34+/m0/s1. The number of nitrogens with zero attached hydrogens (tertiary/aromatic N) is 4. The number of imide groups is 2. The molecule has 2 saturated heterocycles. The van der Waals surface area contributed by atoms with E-state index in [1.807, 2.05) is 0 Å². The maximum Gasteiger partial charge on any atom is 0.433 e. The molecule has 2 aromatic carbocycles. The lowest BCUT2D eigenvalue weighted by Crippen LogP contribution is -2.49. The maximum absolute atomic E-state index is 14.6. The SMILES string of the molecule is COc1cccc([C@H]2C3=CC[C@@H]4C(=O)N(N(C)c5nc(C(F)(F)F)ccc5Cl)C(=O)[C@@H]4[C@@H]3C[C@H]3C(=O)N(c4ccc(F)c(Cl)c4)C(=O)[C@@]23C)c1O. The molecule has 6 atom stereocenters. The van der Waals surface area contributed by atoms with Gasteiger partial charge in [0.05, 0.1) is 46.0 Å². The Kier molecular flexibility index (Phi) is 8.14. The Labute approximate surface area is 298 Å². The van der Waals surface area contributed by atoms with Crippen molar-refractivity contribution >= 4 is 58.3 Å². The second-order valence-electron chi connectivity index (χ2n) is 13.2. The summed E-state index contributed by atoms with van der Waals surface area (Å²) in [7, 11) is 2.55. The topological polar surface area (TPSA) is 120 Å². The van der Waals surface area contributed by atoms with Crippen molar-refractivity contribution < 1.29 is 46.6 Å². The van der Waals surface area contributed by atoms with Gasteiger partial charge in [0.1, 0.15) is 11.5 Å². The lowest BCUT2D eigenvalue weighted by Gasteiger charge is -2.49. The van der Waals surface area contributed by atoms with Crippen LogP contribution in [0, 0.1) is 34.9 Å². The summed E-state index contributed by atoms with van der Waals surface area (Å²) in [5.41, 5.74) is -2.03. The highest BCUT2D eigenvalue weighted by atomic mass is 35.5. The summed E-state index contributed by atoms with van der Waals surface area (Å²) in [6, 6.07) is 9.78. The van der Waals surface area contributed by atoms with E-state index in [1.54, 1.807) is 25.1 Å². The van der Waals surface area contributed by atoms with Gasteiger partial charge in [-0.05, 0) is 62.1 Å². The van der Waals surface area contributed by atoms with Gasteiger partial charge in [-0.2, -0.15) is 18.2 Å². The monoisotopic (exact) mass is 746 g/mol. The number of allylic oxidation sites excluding steroid dienone is 2. The number of carbonyl (C=O) groups is 4.